The average Bonchev–Trinajstić information content (AvgIpc) is 3.13. The van der Waals surface area contributed by atoms with Gasteiger partial charge in [-0.25, -0.2) is 4.98 Å². The summed E-state index contributed by atoms with van der Waals surface area (Å²) >= 11 is 1.36. The standard InChI is InChI=1S/C26H34N4O3S/c1-4-10-29-19(2)17-22(20(29)3)24(31)18-34-26-27-23-9-6-5-8-21(23)25(32)30(26)12-7-11-28-13-15-33-16-14-28/h5-6,8-9,17H,4,7,10-16,18H2,1-3H3. The topological polar surface area (TPSA) is 69.4 Å². The third-order valence-electron chi connectivity index (χ3n) is 6.44. The summed E-state index contributed by atoms with van der Waals surface area (Å²) in [6.45, 7) is 12.0. The Labute approximate surface area is 205 Å². The first-order chi connectivity index (χ1) is 16.5. The molecule has 1 aliphatic rings. The van der Waals surface area contributed by atoms with Gasteiger partial charge in [-0.3, -0.25) is 19.1 Å². The third kappa shape index (κ3) is 5.45. The number of thioether (sulfide) groups is 1. The maximum Gasteiger partial charge on any atom is 0.262 e. The number of Topliss-reactive ketones (excluding diaryl/α,β-unsaturated/α-hetero) is 1. The highest BCUT2D eigenvalue weighted by Gasteiger charge is 2.18. The summed E-state index contributed by atoms with van der Waals surface area (Å²) in [5.74, 6) is 0.327. The molecule has 0 atom stereocenters. The van der Waals surface area contributed by atoms with E-state index in [0.717, 1.165) is 69.2 Å². The first-order valence-electron chi connectivity index (χ1n) is 12.1. The van der Waals surface area contributed by atoms with Crippen molar-refractivity contribution in [3.05, 3.63) is 57.6 Å². The maximum absolute atomic E-state index is 13.3. The van der Waals surface area contributed by atoms with E-state index in [2.05, 4.69) is 16.4 Å². The Morgan fingerprint density at radius 2 is 1.85 bits per heavy atom. The van der Waals surface area contributed by atoms with Crippen LogP contribution in [-0.4, -0.2) is 63.4 Å². The van der Waals surface area contributed by atoms with E-state index in [1.165, 1.54) is 11.8 Å². The van der Waals surface area contributed by atoms with Crippen LogP contribution in [0.1, 0.15) is 41.5 Å². The second-order valence-corrected chi connectivity index (χ2v) is 9.77. The molecule has 1 aromatic carbocycles. The van der Waals surface area contributed by atoms with Crippen molar-refractivity contribution in [1.82, 2.24) is 19.0 Å². The fourth-order valence-corrected chi connectivity index (χ4v) is 5.50. The summed E-state index contributed by atoms with van der Waals surface area (Å²) in [6, 6.07) is 9.42. The van der Waals surface area contributed by atoms with E-state index in [1.807, 2.05) is 44.2 Å². The van der Waals surface area contributed by atoms with Crippen LogP contribution in [0.4, 0.5) is 0 Å². The van der Waals surface area contributed by atoms with E-state index in [9.17, 15) is 9.59 Å². The molecule has 7 nitrogen and oxygen atoms in total. The van der Waals surface area contributed by atoms with Gasteiger partial charge in [-0.15, -0.1) is 0 Å². The van der Waals surface area contributed by atoms with Crippen LogP contribution in [0.15, 0.2) is 40.3 Å². The van der Waals surface area contributed by atoms with Crippen LogP contribution >= 0.6 is 11.8 Å². The quantitative estimate of drug-likeness (QED) is 0.248. The number of para-hydroxylation sites is 1. The summed E-state index contributed by atoms with van der Waals surface area (Å²) in [5, 5.41) is 1.23. The van der Waals surface area contributed by atoms with Crippen LogP contribution < -0.4 is 5.56 Å². The van der Waals surface area contributed by atoms with E-state index in [-0.39, 0.29) is 17.1 Å². The second-order valence-electron chi connectivity index (χ2n) is 8.82. The summed E-state index contributed by atoms with van der Waals surface area (Å²) in [4.78, 5) is 33.6. The molecule has 4 rings (SSSR count). The molecule has 0 unspecified atom stereocenters. The molecular weight excluding hydrogens is 448 g/mol. The Hall–Kier alpha value is -2.42. The molecule has 1 aliphatic heterocycles. The number of nitrogens with zero attached hydrogens (tertiary/aromatic N) is 4. The number of aromatic nitrogens is 3. The molecule has 0 N–H and O–H groups in total. The zero-order valence-electron chi connectivity index (χ0n) is 20.4. The number of ketones is 1. The van der Waals surface area contributed by atoms with Gasteiger partial charge in [0.05, 0.1) is 29.9 Å². The van der Waals surface area contributed by atoms with Crippen molar-refractivity contribution in [2.75, 3.05) is 38.6 Å². The number of morpholine rings is 1. The Morgan fingerprint density at radius 1 is 1.09 bits per heavy atom. The molecule has 182 valence electrons. The monoisotopic (exact) mass is 482 g/mol. The van der Waals surface area contributed by atoms with Gasteiger partial charge in [0.15, 0.2) is 10.9 Å². The van der Waals surface area contributed by atoms with E-state index < -0.39 is 0 Å². The number of hydrogen-bond acceptors (Lipinski definition) is 6. The van der Waals surface area contributed by atoms with Gasteiger partial charge in [-0.05, 0) is 44.9 Å². The summed E-state index contributed by atoms with van der Waals surface area (Å²) in [7, 11) is 0. The lowest BCUT2D eigenvalue weighted by Gasteiger charge is -2.26. The van der Waals surface area contributed by atoms with Crippen molar-refractivity contribution in [3.63, 3.8) is 0 Å². The Bertz CT molecular complexity index is 1210. The highest BCUT2D eigenvalue weighted by atomic mass is 32.2. The summed E-state index contributed by atoms with van der Waals surface area (Å²) < 4.78 is 9.38. The normalized spacial score (nSPS) is 14.7. The molecule has 0 saturated carbocycles. The highest BCUT2D eigenvalue weighted by molar-refractivity contribution is 7.99. The van der Waals surface area contributed by atoms with E-state index >= 15 is 0 Å². The first kappa shape index (κ1) is 24.7. The first-order valence-corrected chi connectivity index (χ1v) is 13.1. The second kappa shape index (κ2) is 11.3. The van der Waals surface area contributed by atoms with Crippen molar-refractivity contribution >= 4 is 28.4 Å². The van der Waals surface area contributed by atoms with Crippen molar-refractivity contribution in [2.45, 2.75) is 51.9 Å². The van der Waals surface area contributed by atoms with Crippen LogP contribution in [0.3, 0.4) is 0 Å². The molecule has 0 radical (unpaired) electrons. The number of carbonyl (C=O) groups excluding carboxylic acids is 1. The number of carbonyl (C=O) groups is 1. The zero-order chi connectivity index (χ0) is 24.1. The molecule has 8 heteroatoms. The highest BCUT2D eigenvalue weighted by Crippen LogP contribution is 2.22. The lowest BCUT2D eigenvalue weighted by molar-refractivity contribution is 0.0368. The molecule has 2 aromatic heterocycles. The molecule has 3 heterocycles. The molecule has 0 bridgehead atoms. The van der Waals surface area contributed by atoms with Crippen molar-refractivity contribution in [1.29, 1.82) is 0 Å². The minimum atomic E-state index is -0.0383. The van der Waals surface area contributed by atoms with E-state index in [1.54, 1.807) is 4.57 Å². The number of benzene rings is 1. The van der Waals surface area contributed by atoms with Crippen molar-refractivity contribution < 1.29 is 9.53 Å². The van der Waals surface area contributed by atoms with Crippen LogP contribution in [-0.2, 0) is 17.8 Å². The fourth-order valence-electron chi connectivity index (χ4n) is 4.59. The van der Waals surface area contributed by atoms with Gasteiger partial charge in [-0.2, -0.15) is 0 Å². The Morgan fingerprint density at radius 3 is 2.62 bits per heavy atom. The number of aryl methyl sites for hydroxylation is 1. The molecule has 1 fully saturated rings. The summed E-state index contributed by atoms with van der Waals surface area (Å²) in [6.07, 6.45) is 1.87. The minimum absolute atomic E-state index is 0.0383. The lowest BCUT2D eigenvalue weighted by Crippen LogP contribution is -2.37. The van der Waals surface area contributed by atoms with Gasteiger partial charge in [0.25, 0.3) is 5.56 Å². The van der Waals surface area contributed by atoms with Gasteiger partial charge >= 0.3 is 0 Å². The summed E-state index contributed by atoms with van der Waals surface area (Å²) in [5.41, 5.74) is 3.52. The van der Waals surface area contributed by atoms with Gasteiger partial charge < -0.3 is 9.30 Å². The zero-order valence-corrected chi connectivity index (χ0v) is 21.2. The number of fused-ring (bicyclic) bond motifs is 1. The SMILES string of the molecule is CCCn1c(C)cc(C(=O)CSc2nc3ccccc3c(=O)n2CCCN2CCOCC2)c1C. The number of rotatable bonds is 10. The molecule has 0 aliphatic carbocycles. The van der Waals surface area contributed by atoms with Crippen LogP contribution in [0.25, 0.3) is 10.9 Å². The Kier molecular flexibility index (Phi) is 8.24. The van der Waals surface area contributed by atoms with Crippen LogP contribution in [0, 0.1) is 13.8 Å². The smallest absolute Gasteiger partial charge is 0.262 e. The molecule has 34 heavy (non-hydrogen) atoms. The third-order valence-corrected chi connectivity index (χ3v) is 7.42. The number of ether oxygens (including phenoxy) is 1. The van der Waals surface area contributed by atoms with Gasteiger partial charge in [0, 0.05) is 49.7 Å². The molecule has 0 spiro atoms. The fraction of sp³-hybridized carbons (Fsp3) is 0.500. The lowest BCUT2D eigenvalue weighted by atomic mass is 10.2. The van der Waals surface area contributed by atoms with Gasteiger partial charge in [-0.1, -0.05) is 30.8 Å². The van der Waals surface area contributed by atoms with Crippen molar-refractivity contribution in [2.24, 2.45) is 0 Å². The predicted octanol–water partition coefficient (Wildman–Crippen LogP) is 3.92. The molecule has 1 saturated heterocycles. The number of hydrogen-bond donors (Lipinski definition) is 0. The molecule has 3 aromatic rings. The van der Waals surface area contributed by atoms with E-state index in [4.69, 9.17) is 9.72 Å². The van der Waals surface area contributed by atoms with Crippen LogP contribution in [0.5, 0.6) is 0 Å². The maximum atomic E-state index is 13.3. The van der Waals surface area contributed by atoms with Crippen molar-refractivity contribution in [3.8, 4) is 0 Å². The minimum Gasteiger partial charge on any atom is -0.379 e. The van der Waals surface area contributed by atoms with Gasteiger partial charge in [0.1, 0.15) is 0 Å². The Balaban J connectivity index is 1.53. The molecule has 0 amide bonds. The predicted molar refractivity (Wildman–Crippen MR) is 137 cm³/mol. The average molecular weight is 483 g/mol. The molecular formula is C26H34N4O3S. The van der Waals surface area contributed by atoms with E-state index in [0.29, 0.717) is 22.6 Å². The van der Waals surface area contributed by atoms with Gasteiger partial charge in [0.2, 0.25) is 0 Å². The van der Waals surface area contributed by atoms with Crippen LogP contribution in [0.2, 0.25) is 0 Å². The largest absolute Gasteiger partial charge is 0.379 e.